The van der Waals surface area contributed by atoms with Gasteiger partial charge in [-0.05, 0) is 63.2 Å². The van der Waals surface area contributed by atoms with E-state index in [1.807, 2.05) is 13.8 Å². The zero-order chi connectivity index (χ0) is 23.0. The minimum absolute atomic E-state index is 0.150. The summed E-state index contributed by atoms with van der Waals surface area (Å²) in [6.07, 6.45) is -0.363. The highest BCUT2D eigenvalue weighted by molar-refractivity contribution is 7.89. The minimum Gasteiger partial charge on any atom is -0.373 e. The van der Waals surface area contributed by atoms with Crippen LogP contribution in [0.15, 0.2) is 53.4 Å². The first-order valence-corrected chi connectivity index (χ1v) is 11.7. The lowest BCUT2D eigenvalue weighted by Gasteiger charge is -2.34. The first-order chi connectivity index (χ1) is 15.1. The van der Waals surface area contributed by atoms with E-state index in [9.17, 15) is 17.6 Å². The highest BCUT2D eigenvalue weighted by Crippen LogP contribution is 2.24. The molecule has 1 amide bonds. The third kappa shape index (κ3) is 4.50. The molecule has 1 aromatic heterocycles. The number of carbonyl (C=O) groups is 1. The molecule has 1 N–H and O–H groups in total. The van der Waals surface area contributed by atoms with Crippen LogP contribution in [0.4, 0.5) is 10.1 Å². The molecular weight excluding hydrogens is 433 g/mol. The molecule has 4 rings (SSSR count). The van der Waals surface area contributed by atoms with Gasteiger partial charge in [0.05, 0.1) is 28.2 Å². The van der Waals surface area contributed by atoms with Crippen molar-refractivity contribution in [2.45, 2.75) is 37.9 Å². The summed E-state index contributed by atoms with van der Waals surface area (Å²) < 4.78 is 46.6. The standard InChI is InChI=1S/C23H24FN3O4S/c1-14-10-21(20-9-4-17(24)11-22(20)25-14)23(28)26-18-5-7-19(8-6-18)32(29,30)27-12-15(2)31-16(3)13-27/h4-11,15-16H,12-13H2,1-3H3,(H,26,28). The van der Waals surface area contributed by atoms with Crippen LogP contribution in [0.1, 0.15) is 29.9 Å². The number of nitrogens with one attached hydrogen (secondary N) is 1. The van der Waals surface area contributed by atoms with E-state index in [0.29, 0.717) is 40.9 Å². The Morgan fingerprint density at radius 3 is 2.41 bits per heavy atom. The van der Waals surface area contributed by atoms with Crippen molar-refractivity contribution in [1.82, 2.24) is 9.29 Å². The van der Waals surface area contributed by atoms with E-state index < -0.39 is 21.7 Å². The predicted molar refractivity (Wildman–Crippen MR) is 120 cm³/mol. The molecular formula is C23H24FN3O4S. The number of carbonyl (C=O) groups excluding carboxylic acids is 1. The molecule has 0 saturated carbocycles. The van der Waals surface area contributed by atoms with Gasteiger partial charge in [0.25, 0.3) is 5.91 Å². The Labute approximate surface area is 186 Å². The maximum Gasteiger partial charge on any atom is 0.256 e. The number of hydrogen-bond acceptors (Lipinski definition) is 5. The minimum atomic E-state index is -3.67. The molecule has 1 aliphatic rings. The van der Waals surface area contributed by atoms with Gasteiger partial charge >= 0.3 is 0 Å². The Kier molecular flexibility index (Phi) is 5.98. The van der Waals surface area contributed by atoms with Crippen molar-refractivity contribution in [2.75, 3.05) is 18.4 Å². The summed E-state index contributed by atoms with van der Waals surface area (Å²) in [5, 5.41) is 3.31. The van der Waals surface area contributed by atoms with Gasteiger partial charge in [0.2, 0.25) is 10.0 Å². The third-order valence-corrected chi connectivity index (χ3v) is 7.13. The number of ether oxygens (including phenoxy) is 1. The average Bonchev–Trinajstić information content (AvgIpc) is 2.72. The molecule has 0 bridgehead atoms. The Morgan fingerprint density at radius 1 is 1.09 bits per heavy atom. The second-order valence-electron chi connectivity index (χ2n) is 8.03. The quantitative estimate of drug-likeness (QED) is 0.645. The number of aryl methyl sites for hydroxylation is 1. The number of nitrogens with zero attached hydrogens (tertiary/aromatic N) is 2. The number of anilines is 1. The van der Waals surface area contributed by atoms with Crippen molar-refractivity contribution in [3.05, 3.63) is 65.6 Å². The summed E-state index contributed by atoms with van der Waals surface area (Å²) >= 11 is 0. The number of halogens is 1. The smallest absolute Gasteiger partial charge is 0.256 e. The van der Waals surface area contributed by atoms with Crippen molar-refractivity contribution in [3.63, 3.8) is 0 Å². The van der Waals surface area contributed by atoms with Crippen molar-refractivity contribution in [3.8, 4) is 0 Å². The molecule has 0 aliphatic carbocycles. The molecule has 2 heterocycles. The number of fused-ring (bicyclic) bond motifs is 1. The van der Waals surface area contributed by atoms with Crippen LogP contribution in [-0.4, -0.2) is 48.9 Å². The van der Waals surface area contributed by atoms with Crippen LogP contribution in [0.2, 0.25) is 0 Å². The summed E-state index contributed by atoms with van der Waals surface area (Å²) in [4.78, 5) is 17.3. The second kappa shape index (κ2) is 8.57. The highest BCUT2D eigenvalue weighted by Gasteiger charge is 2.32. The topological polar surface area (TPSA) is 88.6 Å². The Hall–Kier alpha value is -2.88. The summed E-state index contributed by atoms with van der Waals surface area (Å²) in [6.45, 7) is 6.00. The molecule has 1 fully saturated rings. The van der Waals surface area contributed by atoms with Gasteiger partial charge in [0.1, 0.15) is 5.82 Å². The summed E-state index contributed by atoms with van der Waals surface area (Å²) in [5.74, 6) is -0.818. The first kappa shape index (κ1) is 22.3. The first-order valence-electron chi connectivity index (χ1n) is 10.3. The normalized spacial score (nSPS) is 19.8. The molecule has 2 atom stereocenters. The maximum atomic E-state index is 13.6. The second-order valence-corrected chi connectivity index (χ2v) is 9.97. The molecule has 1 saturated heterocycles. The predicted octanol–water partition coefficient (Wildman–Crippen LogP) is 3.73. The van der Waals surface area contributed by atoms with Gasteiger partial charge in [0, 0.05) is 35.9 Å². The number of benzene rings is 2. The lowest BCUT2D eigenvalue weighted by Crippen LogP contribution is -2.48. The zero-order valence-corrected chi connectivity index (χ0v) is 18.8. The zero-order valence-electron chi connectivity index (χ0n) is 18.0. The molecule has 168 valence electrons. The van der Waals surface area contributed by atoms with E-state index in [-0.39, 0.29) is 17.1 Å². The fourth-order valence-electron chi connectivity index (χ4n) is 3.91. The van der Waals surface area contributed by atoms with Crippen LogP contribution in [0.25, 0.3) is 10.9 Å². The number of sulfonamides is 1. The third-order valence-electron chi connectivity index (χ3n) is 5.28. The average molecular weight is 458 g/mol. The van der Waals surface area contributed by atoms with Gasteiger partial charge in [-0.3, -0.25) is 9.78 Å². The Balaban J connectivity index is 1.56. The summed E-state index contributed by atoms with van der Waals surface area (Å²) in [5.41, 5.74) is 1.79. The van der Waals surface area contributed by atoms with Gasteiger partial charge in [-0.25, -0.2) is 12.8 Å². The number of amides is 1. The Bertz CT molecular complexity index is 1260. The van der Waals surface area contributed by atoms with Crippen molar-refractivity contribution in [1.29, 1.82) is 0 Å². The fraction of sp³-hybridized carbons (Fsp3) is 0.304. The molecule has 3 aromatic rings. The van der Waals surface area contributed by atoms with Crippen LogP contribution in [0.3, 0.4) is 0 Å². The number of rotatable bonds is 4. The number of morpholine rings is 1. The number of pyridine rings is 1. The van der Waals surface area contributed by atoms with Gasteiger partial charge < -0.3 is 10.1 Å². The molecule has 2 aromatic carbocycles. The van der Waals surface area contributed by atoms with Gasteiger partial charge in [-0.1, -0.05) is 0 Å². The van der Waals surface area contributed by atoms with Gasteiger partial charge in [-0.2, -0.15) is 4.31 Å². The number of hydrogen-bond donors (Lipinski definition) is 1. The fourth-order valence-corrected chi connectivity index (χ4v) is 5.50. The van der Waals surface area contributed by atoms with Crippen molar-refractivity contribution < 1.29 is 22.3 Å². The van der Waals surface area contributed by atoms with E-state index in [0.717, 1.165) is 0 Å². The molecule has 1 aliphatic heterocycles. The van der Waals surface area contributed by atoms with E-state index in [1.165, 1.54) is 34.6 Å². The van der Waals surface area contributed by atoms with Crippen LogP contribution in [-0.2, 0) is 14.8 Å². The molecule has 32 heavy (non-hydrogen) atoms. The summed E-state index contributed by atoms with van der Waals surface area (Å²) in [7, 11) is -3.67. The summed E-state index contributed by atoms with van der Waals surface area (Å²) in [6, 6.07) is 11.8. The molecule has 0 radical (unpaired) electrons. The SMILES string of the molecule is Cc1cc(C(=O)Nc2ccc(S(=O)(=O)N3CC(C)OC(C)C3)cc2)c2ccc(F)cc2n1. The Morgan fingerprint density at radius 2 is 1.75 bits per heavy atom. The van der Waals surface area contributed by atoms with Crippen molar-refractivity contribution in [2.24, 2.45) is 0 Å². The monoisotopic (exact) mass is 457 g/mol. The van der Waals surface area contributed by atoms with Gasteiger partial charge in [-0.15, -0.1) is 0 Å². The lowest BCUT2D eigenvalue weighted by molar-refractivity contribution is -0.0440. The van der Waals surface area contributed by atoms with Gasteiger partial charge in [0.15, 0.2) is 0 Å². The van der Waals surface area contributed by atoms with E-state index in [4.69, 9.17) is 4.74 Å². The largest absolute Gasteiger partial charge is 0.373 e. The van der Waals surface area contributed by atoms with Crippen LogP contribution < -0.4 is 5.32 Å². The van der Waals surface area contributed by atoms with Crippen molar-refractivity contribution >= 4 is 32.5 Å². The number of aromatic nitrogens is 1. The van der Waals surface area contributed by atoms with E-state index in [2.05, 4.69) is 10.3 Å². The molecule has 0 spiro atoms. The van der Waals surface area contributed by atoms with E-state index >= 15 is 0 Å². The molecule has 7 nitrogen and oxygen atoms in total. The molecule has 9 heteroatoms. The lowest BCUT2D eigenvalue weighted by atomic mass is 10.1. The molecule has 2 unspecified atom stereocenters. The van der Waals surface area contributed by atoms with Crippen LogP contribution in [0.5, 0.6) is 0 Å². The maximum absolute atomic E-state index is 13.6. The van der Waals surface area contributed by atoms with Crippen LogP contribution >= 0.6 is 0 Å². The van der Waals surface area contributed by atoms with E-state index in [1.54, 1.807) is 25.1 Å². The van der Waals surface area contributed by atoms with Crippen LogP contribution in [0, 0.1) is 12.7 Å². The highest BCUT2D eigenvalue weighted by atomic mass is 32.2.